The van der Waals surface area contributed by atoms with Gasteiger partial charge in [0.05, 0.1) is 5.69 Å². The third kappa shape index (κ3) is 4.32. The average Bonchev–Trinajstić information content (AvgIpc) is 2.73. The first-order chi connectivity index (χ1) is 8.75. The van der Waals surface area contributed by atoms with Crippen molar-refractivity contribution in [3.63, 3.8) is 0 Å². The molecule has 0 aromatic carbocycles. The molecular formula is C11H13F3N2O2S. The number of carboxylic acids is 1. The van der Waals surface area contributed by atoms with Crippen LogP contribution in [0.15, 0.2) is 6.58 Å². The van der Waals surface area contributed by atoms with Crippen LogP contribution in [0, 0.1) is 0 Å². The molecule has 0 radical (unpaired) electrons. The molecule has 2 rings (SSSR count). The quantitative estimate of drug-likeness (QED) is 0.836. The molecule has 4 nitrogen and oxygen atoms in total. The Hall–Kier alpha value is -1.41. The van der Waals surface area contributed by atoms with Crippen molar-refractivity contribution in [2.24, 2.45) is 0 Å². The lowest BCUT2D eigenvalue weighted by atomic mass is 10.1. The Bertz CT molecular complexity index is 471. The lowest BCUT2D eigenvalue weighted by Crippen LogP contribution is -2.26. The summed E-state index contributed by atoms with van der Waals surface area (Å²) in [7, 11) is 0. The standard InChI is InChI=1S/C9H12N2S.C2HF3O2/c1-3-8-11-7-4-5-10-6(2)9(7)12-8;3-2(4,5)1(6)7/h3,6,10H,1,4-5H2,2H3;(H,6,7)/t6-;/m1./s1. The first-order valence-corrected chi connectivity index (χ1v) is 6.23. The Labute approximate surface area is 112 Å². The van der Waals surface area contributed by atoms with E-state index in [2.05, 4.69) is 23.8 Å². The van der Waals surface area contributed by atoms with E-state index in [1.807, 2.05) is 6.08 Å². The molecule has 0 spiro atoms. The number of nitrogens with zero attached hydrogens (tertiary/aromatic N) is 1. The van der Waals surface area contributed by atoms with Gasteiger partial charge in [0.2, 0.25) is 0 Å². The van der Waals surface area contributed by atoms with Crippen LogP contribution < -0.4 is 5.32 Å². The molecule has 19 heavy (non-hydrogen) atoms. The summed E-state index contributed by atoms with van der Waals surface area (Å²) < 4.78 is 31.7. The second-order valence-corrected chi connectivity index (χ2v) is 4.86. The predicted molar refractivity (Wildman–Crippen MR) is 66.0 cm³/mol. The first kappa shape index (κ1) is 15.6. The Kier molecular flexibility index (Phi) is 5.07. The highest BCUT2D eigenvalue weighted by Gasteiger charge is 2.38. The fourth-order valence-corrected chi connectivity index (χ4v) is 2.48. The van der Waals surface area contributed by atoms with Gasteiger partial charge in [0, 0.05) is 23.9 Å². The summed E-state index contributed by atoms with van der Waals surface area (Å²) >= 11 is 1.75. The number of rotatable bonds is 1. The van der Waals surface area contributed by atoms with Crippen molar-refractivity contribution in [2.45, 2.75) is 25.6 Å². The van der Waals surface area contributed by atoms with E-state index in [1.54, 1.807) is 11.3 Å². The van der Waals surface area contributed by atoms with Crippen molar-refractivity contribution in [3.8, 4) is 0 Å². The van der Waals surface area contributed by atoms with Crippen molar-refractivity contribution in [1.29, 1.82) is 0 Å². The van der Waals surface area contributed by atoms with Gasteiger partial charge in [-0.3, -0.25) is 0 Å². The Morgan fingerprint density at radius 1 is 1.63 bits per heavy atom. The molecule has 0 aliphatic carbocycles. The Morgan fingerprint density at radius 2 is 2.21 bits per heavy atom. The Balaban J connectivity index is 0.000000224. The predicted octanol–water partition coefficient (Wildman–Crippen LogP) is 2.63. The minimum absolute atomic E-state index is 0.472. The van der Waals surface area contributed by atoms with Gasteiger partial charge < -0.3 is 10.4 Å². The molecule has 0 bridgehead atoms. The lowest BCUT2D eigenvalue weighted by molar-refractivity contribution is -0.192. The largest absolute Gasteiger partial charge is 0.490 e. The van der Waals surface area contributed by atoms with Crippen LogP contribution in [0.25, 0.3) is 6.08 Å². The molecule has 2 heterocycles. The molecule has 0 fully saturated rings. The molecule has 0 saturated carbocycles. The van der Waals surface area contributed by atoms with Gasteiger partial charge in [0.1, 0.15) is 5.01 Å². The number of aliphatic carboxylic acids is 1. The summed E-state index contributed by atoms with van der Waals surface area (Å²) in [4.78, 5) is 14.8. The molecule has 8 heteroatoms. The monoisotopic (exact) mass is 294 g/mol. The number of thiazole rings is 1. The van der Waals surface area contributed by atoms with E-state index in [0.29, 0.717) is 6.04 Å². The van der Waals surface area contributed by atoms with Gasteiger partial charge in [-0.15, -0.1) is 11.3 Å². The average molecular weight is 294 g/mol. The summed E-state index contributed by atoms with van der Waals surface area (Å²) in [5.74, 6) is -2.76. The fraction of sp³-hybridized carbons (Fsp3) is 0.455. The molecule has 1 atom stereocenters. The highest BCUT2D eigenvalue weighted by atomic mass is 32.1. The number of carboxylic acid groups (broad SMARTS) is 1. The highest BCUT2D eigenvalue weighted by Crippen LogP contribution is 2.28. The van der Waals surface area contributed by atoms with E-state index in [4.69, 9.17) is 9.90 Å². The third-order valence-electron chi connectivity index (χ3n) is 2.37. The number of nitrogens with one attached hydrogen (secondary N) is 1. The maximum Gasteiger partial charge on any atom is 0.490 e. The van der Waals surface area contributed by atoms with Gasteiger partial charge in [0.25, 0.3) is 0 Å². The van der Waals surface area contributed by atoms with Gasteiger partial charge >= 0.3 is 12.1 Å². The molecule has 106 valence electrons. The number of alkyl halides is 3. The van der Waals surface area contributed by atoms with Crippen molar-refractivity contribution in [3.05, 3.63) is 22.2 Å². The second kappa shape index (κ2) is 6.16. The summed E-state index contributed by atoms with van der Waals surface area (Å²) in [6.07, 6.45) is -2.19. The number of halogens is 3. The van der Waals surface area contributed by atoms with E-state index in [0.717, 1.165) is 18.0 Å². The zero-order chi connectivity index (χ0) is 14.6. The molecule has 0 unspecified atom stereocenters. The fourth-order valence-electron chi connectivity index (χ4n) is 1.49. The minimum Gasteiger partial charge on any atom is -0.475 e. The number of carbonyl (C=O) groups is 1. The van der Waals surface area contributed by atoms with Crippen molar-refractivity contribution in [2.75, 3.05) is 6.54 Å². The van der Waals surface area contributed by atoms with E-state index in [9.17, 15) is 13.2 Å². The van der Waals surface area contributed by atoms with E-state index in [1.165, 1.54) is 10.6 Å². The van der Waals surface area contributed by atoms with E-state index >= 15 is 0 Å². The normalized spacial score (nSPS) is 18.0. The molecular weight excluding hydrogens is 281 g/mol. The summed E-state index contributed by atoms with van der Waals surface area (Å²) in [5, 5.41) is 11.6. The molecule has 0 amide bonds. The Morgan fingerprint density at radius 3 is 2.63 bits per heavy atom. The van der Waals surface area contributed by atoms with Crippen molar-refractivity contribution >= 4 is 23.4 Å². The molecule has 1 aromatic heterocycles. The second-order valence-electron chi connectivity index (χ2n) is 3.80. The van der Waals surface area contributed by atoms with Gasteiger partial charge in [-0.2, -0.15) is 13.2 Å². The first-order valence-electron chi connectivity index (χ1n) is 5.41. The molecule has 1 aliphatic heterocycles. The lowest BCUT2D eigenvalue weighted by Gasteiger charge is -2.18. The minimum atomic E-state index is -5.08. The van der Waals surface area contributed by atoms with Crippen LogP contribution in [0.3, 0.4) is 0 Å². The van der Waals surface area contributed by atoms with Crippen molar-refractivity contribution in [1.82, 2.24) is 10.3 Å². The number of fused-ring (bicyclic) bond motifs is 1. The molecule has 1 aliphatic rings. The zero-order valence-corrected chi connectivity index (χ0v) is 10.9. The van der Waals surface area contributed by atoms with Crippen LogP contribution in [-0.4, -0.2) is 28.8 Å². The maximum atomic E-state index is 10.6. The number of hydrogen-bond acceptors (Lipinski definition) is 4. The van der Waals surface area contributed by atoms with Gasteiger partial charge in [-0.1, -0.05) is 6.58 Å². The van der Waals surface area contributed by atoms with Crippen LogP contribution in [-0.2, 0) is 11.2 Å². The van der Waals surface area contributed by atoms with Gasteiger partial charge in [-0.05, 0) is 13.0 Å². The summed E-state index contributed by atoms with van der Waals surface area (Å²) in [5.41, 5.74) is 1.26. The molecule has 2 N–H and O–H groups in total. The molecule has 0 saturated heterocycles. The number of aromatic nitrogens is 1. The zero-order valence-electron chi connectivity index (χ0n) is 10.1. The maximum absolute atomic E-state index is 10.6. The van der Waals surface area contributed by atoms with E-state index in [-0.39, 0.29) is 0 Å². The topological polar surface area (TPSA) is 62.2 Å². The van der Waals surface area contributed by atoms with Crippen LogP contribution in [0.5, 0.6) is 0 Å². The smallest absolute Gasteiger partial charge is 0.475 e. The van der Waals surface area contributed by atoms with Crippen LogP contribution in [0.4, 0.5) is 13.2 Å². The van der Waals surface area contributed by atoms with Crippen LogP contribution in [0.1, 0.15) is 28.5 Å². The van der Waals surface area contributed by atoms with Crippen molar-refractivity contribution < 1.29 is 23.1 Å². The SMILES string of the molecule is C=Cc1nc2c(s1)[C@@H](C)NCC2.O=C(O)C(F)(F)F. The third-order valence-corrected chi connectivity index (χ3v) is 3.64. The van der Waals surface area contributed by atoms with Crippen LogP contribution >= 0.6 is 11.3 Å². The van der Waals surface area contributed by atoms with Gasteiger partial charge in [-0.25, -0.2) is 9.78 Å². The summed E-state index contributed by atoms with van der Waals surface area (Å²) in [6.45, 7) is 6.96. The van der Waals surface area contributed by atoms with Gasteiger partial charge in [0.15, 0.2) is 0 Å². The van der Waals surface area contributed by atoms with Crippen LogP contribution in [0.2, 0.25) is 0 Å². The number of hydrogen-bond donors (Lipinski definition) is 2. The summed E-state index contributed by atoms with van der Waals surface area (Å²) in [6, 6.07) is 0.472. The highest BCUT2D eigenvalue weighted by molar-refractivity contribution is 7.12. The molecule has 1 aromatic rings. The van der Waals surface area contributed by atoms with E-state index < -0.39 is 12.1 Å².